The monoisotopic (exact) mass is 369 g/mol. The average Bonchev–Trinajstić information content (AvgIpc) is 2.70. The third-order valence-corrected chi connectivity index (χ3v) is 5.50. The van der Waals surface area contributed by atoms with Crippen LogP contribution >= 0.6 is 0 Å². The van der Waals surface area contributed by atoms with E-state index in [1.54, 1.807) is 0 Å². The first kappa shape index (κ1) is 23.4. The quantitative estimate of drug-likeness (QED) is 0.263. The zero-order valence-electron chi connectivity index (χ0n) is 17.4. The number of hydrogen-bond donors (Lipinski definition) is 0. The van der Waals surface area contributed by atoms with Gasteiger partial charge in [0.15, 0.2) is 0 Å². The van der Waals surface area contributed by atoms with E-state index < -0.39 is 0 Å². The summed E-state index contributed by atoms with van der Waals surface area (Å²) in [6.45, 7) is 6.98. The first-order chi connectivity index (χ1) is 12.8. The van der Waals surface area contributed by atoms with Crippen LogP contribution < -0.4 is 4.48 Å². The Morgan fingerprint density at radius 3 is 1.41 bits per heavy atom. The number of rotatable bonds is 13. The van der Waals surface area contributed by atoms with Crippen LogP contribution in [0.1, 0.15) is 71.6 Å². The lowest BCUT2D eigenvalue weighted by Crippen LogP contribution is -2.45. The van der Waals surface area contributed by atoms with Crippen molar-refractivity contribution in [3.63, 3.8) is 0 Å². The topological polar surface area (TPSA) is 30.0 Å². The third kappa shape index (κ3) is 7.12. The van der Waals surface area contributed by atoms with E-state index in [-0.39, 0.29) is 5.48 Å². The third-order valence-electron chi connectivity index (χ3n) is 5.50. The first-order valence-corrected chi connectivity index (χ1v) is 10.8. The molecule has 0 saturated heterocycles. The molecule has 0 bridgehead atoms. The second-order valence-corrected chi connectivity index (χ2v) is 7.56. The van der Waals surface area contributed by atoms with Crippen molar-refractivity contribution in [1.82, 2.24) is 4.48 Å². The maximum absolute atomic E-state index is 2.31. The number of hydrogen-bond acceptors (Lipinski definition) is 1. The lowest BCUT2D eigenvalue weighted by Gasteiger charge is -2.38. The standard InChI is InChI=1S/C25H38N.H2O/c1-3-5-6-7-8-9-10-17-23-26(22-4-2,24-18-13-11-14-19-24)25-20-15-12-16-21-25;/h11-16,18-21H,3-10,17,22-23H2,1-2H3;1H2/q+1;/p-1. The molecular formula is C25H39NO. The van der Waals surface area contributed by atoms with E-state index in [1.807, 2.05) is 0 Å². The minimum absolute atomic E-state index is 0. The van der Waals surface area contributed by atoms with Gasteiger partial charge in [-0.1, -0.05) is 88.8 Å². The van der Waals surface area contributed by atoms with Crippen molar-refractivity contribution < 1.29 is 5.48 Å². The largest absolute Gasteiger partial charge is 0.870 e. The molecule has 0 spiro atoms. The van der Waals surface area contributed by atoms with Crippen molar-refractivity contribution in [2.24, 2.45) is 0 Å². The summed E-state index contributed by atoms with van der Waals surface area (Å²) in [7, 11) is 0. The van der Waals surface area contributed by atoms with Crippen molar-refractivity contribution in [2.75, 3.05) is 13.1 Å². The predicted molar refractivity (Wildman–Crippen MR) is 119 cm³/mol. The van der Waals surface area contributed by atoms with Gasteiger partial charge in [-0.15, -0.1) is 0 Å². The van der Waals surface area contributed by atoms with Gasteiger partial charge in [0.05, 0.1) is 13.1 Å². The fraction of sp³-hybridized carbons (Fsp3) is 0.520. The van der Waals surface area contributed by atoms with Crippen LogP contribution in [0.5, 0.6) is 0 Å². The fourth-order valence-electron chi connectivity index (χ4n) is 4.10. The highest BCUT2D eigenvalue weighted by atomic mass is 16.0. The van der Waals surface area contributed by atoms with Crippen LogP contribution in [-0.2, 0) is 0 Å². The lowest BCUT2D eigenvalue weighted by molar-refractivity contribution is 0.366. The summed E-state index contributed by atoms with van der Waals surface area (Å²) >= 11 is 0. The Balaban J connectivity index is 0.00000364. The van der Waals surface area contributed by atoms with Crippen molar-refractivity contribution in [3.8, 4) is 0 Å². The van der Waals surface area contributed by atoms with Gasteiger partial charge in [0.2, 0.25) is 0 Å². The number of benzene rings is 2. The van der Waals surface area contributed by atoms with Gasteiger partial charge in [0, 0.05) is 0 Å². The molecule has 0 aliphatic carbocycles. The van der Waals surface area contributed by atoms with Crippen LogP contribution in [0.15, 0.2) is 60.7 Å². The molecule has 27 heavy (non-hydrogen) atoms. The maximum atomic E-state index is 2.31. The van der Waals surface area contributed by atoms with Gasteiger partial charge < -0.3 is 5.48 Å². The van der Waals surface area contributed by atoms with E-state index in [1.165, 1.54) is 82.3 Å². The molecular weight excluding hydrogens is 330 g/mol. The van der Waals surface area contributed by atoms with E-state index in [0.717, 1.165) is 4.48 Å². The van der Waals surface area contributed by atoms with E-state index >= 15 is 0 Å². The number of quaternary nitrogens is 1. The van der Waals surface area contributed by atoms with E-state index in [2.05, 4.69) is 74.5 Å². The van der Waals surface area contributed by atoms with Crippen LogP contribution in [-0.4, -0.2) is 18.6 Å². The SMILES string of the molecule is CCCCCCCCCC[N+](CCC)(c1ccccc1)c1ccccc1.[OH-]. The molecule has 0 heterocycles. The molecule has 0 saturated carbocycles. The molecule has 0 radical (unpaired) electrons. The second-order valence-electron chi connectivity index (χ2n) is 7.56. The molecule has 0 fully saturated rings. The first-order valence-electron chi connectivity index (χ1n) is 10.8. The van der Waals surface area contributed by atoms with Gasteiger partial charge in [-0.05, 0) is 43.5 Å². The summed E-state index contributed by atoms with van der Waals surface area (Å²) in [6, 6.07) is 22.3. The summed E-state index contributed by atoms with van der Waals surface area (Å²) < 4.78 is 0.994. The Kier molecular flexibility index (Phi) is 11.7. The van der Waals surface area contributed by atoms with Crippen molar-refractivity contribution in [2.45, 2.75) is 71.6 Å². The van der Waals surface area contributed by atoms with Gasteiger partial charge in [-0.3, -0.25) is 4.48 Å². The molecule has 2 nitrogen and oxygen atoms in total. The highest BCUT2D eigenvalue weighted by Crippen LogP contribution is 2.35. The molecule has 0 aliphatic rings. The summed E-state index contributed by atoms with van der Waals surface area (Å²) in [5, 5.41) is 0. The van der Waals surface area contributed by atoms with Gasteiger partial charge in [-0.2, -0.15) is 0 Å². The Hall–Kier alpha value is -1.64. The predicted octanol–water partition coefficient (Wildman–Crippen LogP) is 7.70. The van der Waals surface area contributed by atoms with Gasteiger partial charge in [-0.25, -0.2) is 0 Å². The second kappa shape index (κ2) is 13.5. The lowest BCUT2D eigenvalue weighted by atomic mass is 10.1. The number of unbranched alkanes of at least 4 members (excludes halogenated alkanes) is 7. The summed E-state index contributed by atoms with van der Waals surface area (Å²) in [5.41, 5.74) is 2.87. The summed E-state index contributed by atoms with van der Waals surface area (Å²) in [6.07, 6.45) is 12.2. The Labute approximate surface area is 167 Å². The summed E-state index contributed by atoms with van der Waals surface area (Å²) in [4.78, 5) is 0. The molecule has 0 unspecified atom stereocenters. The van der Waals surface area contributed by atoms with Gasteiger partial charge in [0.1, 0.15) is 11.4 Å². The molecule has 2 rings (SSSR count). The average molecular weight is 370 g/mol. The van der Waals surface area contributed by atoms with Crippen LogP contribution in [0, 0.1) is 0 Å². The number of nitrogens with zero attached hydrogens (tertiary/aromatic N) is 1. The Bertz CT molecular complexity index is 542. The molecule has 0 aliphatic heterocycles. The van der Waals surface area contributed by atoms with Crippen molar-refractivity contribution in [3.05, 3.63) is 60.7 Å². The van der Waals surface area contributed by atoms with Crippen molar-refractivity contribution >= 4 is 11.4 Å². The minimum Gasteiger partial charge on any atom is -0.870 e. The number of para-hydroxylation sites is 2. The molecule has 0 aromatic heterocycles. The minimum atomic E-state index is 0. The molecule has 2 heteroatoms. The molecule has 0 atom stereocenters. The molecule has 150 valence electrons. The van der Waals surface area contributed by atoms with Crippen molar-refractivity contribution in [1.29, 1.82) is 0 Å². The van der Waals surface area contributed by atoms with Gasteiger partial charge in [0.25, 0.3) is 0 Å². The van der Waals surface area contributed by atoms with Gasteiger partial charge >= 0.3 is 0 Å². The van der Waals surface area contributed by atoms with E-state index in [9.17, 15) is 0 Å². The van der Waals surface area contributed by atoms with Crippen LogP contribution in [0.25, 0.3) is 0 Å². The smallest absolute Gasteiger partial charge is 0.137 e. The van der Waals surface area contributed by atoms with Crippen LogP contribution in [0.2, 0.25) is 0 Å². The van der Waals surface area contributed by atoms with E-state index in [0.29, 0.717) is 0 Å². The molecule has 0 amide bonds. The van der Waals surface area contributed by atoms with E-state index in [4.69, 9.17) is 0 Å². The Morgan fingerprint density at radius 1 is 0.519 bits per heavy atom. The zero-order chi connectivity index (χ0) is 18.5. The highest BCUT2D eigenvalue weighted by molar-refractivity contribution is 5.58. The van der Waals surface area contributed by atoms with Crippen LogP contribution in [0.4, 0.5) is 11.4 Å². The molecule has 1 N–H and O–H groups in total. The maximum Gasteiger partial charge on any atom is 0.137 e. The molecule has 2 aromatic rings. The zero-order valence-corrected chi connectivity index (χ0v) is 17.4. The highest BCUT2D eigenvalue weighted by Gasteiger charge is 2.31. The Morgan fingerprint density at radius 2 is 0.963 bits per heavy atom. The fourth-order valence-corrected chi connectivity index (χ4v) is 4.10. The molecule has 2 aromatic carbocycles. The normalized spacial score (nSPS) is 11.2. The summed E-state index contributed by atoms with van der Waals surface area (Å²) in [5.74, 6) is 0. The van der Waals surface area contributed by atoms with Crippen LogP contribution in [0.3, 0.4) is 0 Å².